The average Bonchev–Trinajstić information content (AvgIpc) is 0.741. The highest BCUT2D eigenvalue weighted by Crippen LogP contribution is 2.42. The van der Waals surface area contributed by atoms with E-state index in [-0.39, 0.29) is 28.1 Å². The van der Waals surface area contributed by atoms with Crippen LogP contribution < -0.4 is 30.7 Å². The number of rotatable bonds is 22. The first-order valence-corrected chi connectivity index (χ1v) is 31.2. The van der Waals surface area contributed by atoms with Crippen molar-refractivity contribution in [2.75, 3.05) is 36.0 Å². The molecule has 0 amide bonds. The van der Waals surface area contributed by atoms with Crippen LogP contribution in [0.5, 0.6) is 0 Å². The van der Waals surface area contributed by atoms with Crippen LogP contribution in [-0.2, 0) is 0 Å². The summed E-state index contributed by atoms with van der Waals surface area (Å²) in [5.41, 5.74) is 6.95. The maximum atomic E-state index is 14.5. The van der Waals surface area contributed by atoms with Gasteiger partial charge < -0.3 is 9.80 Å². The molecule has 0 aromatic heterocycles. The first-order valence-electron chi connectivity index (χ1n) is 31.2. The van der Waals surface area contributed by atoms with Gasteiger partial charge in [0.15, 0.2) is 5.78 Å². The van der Waals surface area contributed by atoms with Crippen molar-refractivity contribution in [3.63, 3.8) is 0 Å². The van der Waals surface area contributed by atoms with Crippen molar-refractivity contribution >= 4 is 82.9 Å². The van der Waals surface area contributed by atoms with Crippen LogP contribution in [0, 0.1) is 90.6 Å². The minimum Gasteiger partial charge on any atom is -0.372 e. The molecule has 0 aliphatic carbocycles. The zero-order chi connectivity index (χ0) is 65.1. The molecule has 0 saturated heterocycles. The third-order valence-corrected chi connectivity index (χ3v) is 16.8. The molecule has 0 radical (unpaired) electrons. The molecule has 0 N–H and O–H groups in total. The number of fused-ring (bicyclic) bond motifs is 6. The molecule has 11 heteroatoms. The molecule has 0 unspecified atom stereocenters. The maximum absolute atomic E-state index is 14.5. The zero-order valence-electron chi connectivity index (χ0n) is 52.2. The van der Waals surface area contributed by atoms with Crippen LogP contribution in [0.1, 0.15) is 117 Å². The Morgan fingerprint density at radius 1 is 0.315 bits per heavy atom. The van der Waals surface area contributed by atoms with Gasteiger partial charge in [0.2, 0.25) is 0 Å². The molecule has 92 heavy (non-hydrogen) atoms. The fraction of sp³-hybridized carbons (Fsp3) is 0.198. The van der Waals surface area contributed by atoms with Gasteiger partial charge in [0.05, 0.1) is 0 Å². The smallest absolute Gasteiger partial charge is 0.193 e. The third-order valence-electron chi connectivity index (χ3n) is 16.8. The van der Waals surface area contributed by atoms with Crippen molar-refractivity contribution < 1.29 is 4.79 Å². The lowest BCUT2D eigenvalue weighted by Gasteiger charge is -2.25. The third kappa shape index (κ3) is 13.8. The number of allylic oxidation sites excluding steroid dienone is 4. The number of anilines is 2. The molecule has 0 bridgehead atoms. The summed E-state index contributed by atoms with van der Waals surface area (Å²) < 4.78 is 0. The highest BCUT2D eigenvalue weighted by molar-refractivity contribution is 6.28. The summed E-state index contributed by atoms with van der Waals surface area (Å²) in [6.07, 6.45) is 8.19. The Labute approximate surface area is 537 Å². The molecule has 0 spiro atoms. The van der Waals surface area contributed by atoms with Gasteiger partial charge in [-0.25, -0.2) is 0 Å². The number of nitrogens with zero attached hydrogens (tertiary/aromatic N) is 10. The predicted molar refractivity (Wildman–Crippen MR) is 368 cm³/mol. The van der Waals surface area contributed by atoms with E-state index in [1.54, 1.807) is 60.7 Å². The first kappa shape index (κ1) is 64.4. The van der Waals surface area contributed by atoms with Gasteiger partial charge in [-0.2, -0.15) is 42.1 Å². The van der Waals surface area contributed by atoms with Gasteiger partial charge in [-0.3, -0.25) is 4.79 Å². The Balaban J connectivity index is 1.39. The highest BCUT2D eigenvalue weighted by atomic mass is 16.1. The average molecular weight is 1200 g/mol. The molecule has 0 atom stereocenters. The van der Waals surface area contributed by atoms with Crippen molar-refractivity contribution in [2.45, 2.75) is 79.1 Å². The Bertz CT molecular complexity index is 4660. The monoisotopic (exact) mass is 1190 g/mol. The summed E-state index contributed by atoms with van der Waals surface area (Å²) >= 11 is 0. The van der Waals surface area contributed by atoms with E-state index in [9.17, 15) is 46.9 Å². The van der Waals surface area contributed by atoms with E-state index in [1.165, 1.54) is 0 Å². The Morgan fingerprint density at radius 3 is 0.935 bits per heavy atom. The number of benzene rings is 9. The van der Waals surface area contributed by atoms with Crippen molar-refractivity contribution in [3.05, 3.63) is 247 Å². The van der Waals surface area contributed by atoms with Gasteiger partial charge in [0, 0.05) is 70.3 Å². The van der Waals surface area contributed by atoms with Gasteiger partial charge >= 0.3 is 0 Å². The summed E-state index contributed by atoms with van der Waals surface area (Å²) in [5.74, 6) is -0.175. The number of nitriles is 8. The molecule has 9 rings (SSSR count). The molecule has 0 heterocycles. The molecule has 0 aliphatic heterocycles. The van der Waals surface area contributed by atoms with Gasteiger partial charge in [-0.05, 0) is 144 Å². The van der Waals surface area contributed by atoms with Crippen LogP contribution in [0.15, 0.2) is 193 Å². The highest BCUT2D eigenvalue weighted by Gasteiger charge is 2.24. The summed E-state index contributed by atoms with van der Waals surface area (Å²) in [6.45, 7) is 12.2. The second kappa shape index (κ2) is 30.7. The van der Waals surface area contributed by atoms with Crippen LogP contribution in [0.2, 0.25) is 0 Å². The largest absolute Gasteiger partial charge is 0.372 e. The standard InChI is InChI=1S/C81H66N10O/c1-5-9-40-90(41-10-6-2)69-33-26-59(27-34-69)79(67(51-86)52-87)77(57-22-18-55(19-23-57)65(47-82)48-83)62-30-37-71-74-44-63(31-38-72(74)76-46-64(32-39-73(76)75(71)45-62)81(92)61-16-14-13-15-17-61)78(58-24-20-56(21-25-58)66(49-84)50-85)80(68(53-88)54-89)60-28-35-70(36-29-60)91(42-11-7-3)43-12-8-4/h13-39,44-46H,5-12,40-43H2,1-4H3. The van der Waals surface area contributed by atoms with E-state index in [0.29, 0.717) is 76.5 Å². The molecular weight excluding hydrogens is 1130 g/mol. The number of carbonyl (C=O) groups excluding carboxylic acids is 1. The van der Waals surface area contributed by atoms with Crippen LogP contribution in [0.25, 0.3) is 65.8 Å². The Hall–Kier alpha value is -12.1. The van der Waals surface area contributed by atoms with Crippen molar-refractivity contribution in [1.29, 1.82) is 42.1 Å². The summed E-state index contributed by atoms with van der Waals surface area (Å²) in [5, 5.41) is 90.2. The Kier molecular flexibility index (Phi) is 21.5. The van der Waals surface area contributed by atoms with E-state index in [1.807, 2.05) is 146 Å². The molecule has 11 nitrogen and oxygen atoms in total. The lowest BCUT2D eigenvalue weighted by atomic mass is 9.83. The SMILES string of the molecule is CCCCN(CCCC)c1ccc(C(=C(C#N)C#N)C(c2ccc3c(c2)c2ccc(C(=O)c4ccccc4)cc2c2ccc(C(C(=C(C#N)C#N)c4ccc(N(CCCC)CCCC)cc4)=c4ccc(=C(C#N)C#N)cc4)cc23)=c2ccc(=C(C#N)C#N)cc2)cc1. The predicted octanol–water partition coefficient (Wildman–Crippen LogP) is 15.0. The summed E-state index contributed by atoms with van der Waals surface area (Å²) in [6, 6.07) is 73.5. The van der Waals surface area contributed by atoms with E-state index in [2.05, 4.69) is 61.8 Å². The fourth-order valence-electron chi connectivity index (χ4n) is 12.0. The van der Waals surface area contributed by atoms with E-state index < -0.39 is 0 Å². The van der Waals surface area contributed by atoms with Crippen molar-refractivity contribution in [1.82, 2.24) is 0 Å². The number of carbonyl (C=O) groups is 1. The van der Waals surface area contributed by atoms with Crippen LogP contribution in [0.4, 0.5) is 11.4 Å². The van der Waals surface area contributed by atoms with E-state index in [0.717, 1.165) is 121 Å². The van der Waals surface area contributed by atoms with Crippen LogP contribution in [0.3, 0.4) is 0 Å². The second-order valence-electron chi connectivity index (χ2n) is 22.5. The summed E-state index contributed by atoms with van der Waals surface area (Å²) in [7, 11) is 0. The normalized spacial score (nSPS) is 10.4. The lowest BCUT2D eigenvalue weighted by Crippen LogP contribution is -2.25. The quantitative estimate of drug-likeness (QED) is 0.0353. The molecule has 0 saturated carbocycles. The van der Waals surface area contributed by atoms with Gasteiger partial charge in [-0.15, -0.1) is 0 Å². The summed E-state index contributed by atoms with van der Waals surface area (Å²) in [4.78, 5) is 19.2. The molecule has 9 aromatic rings. The van der Waals surface area contributed by atoms with Crippen LogP contribution in [-0.4, -0.2) is 32.0 Å². The lowest BCUT2D eigenvalue weighted by molar-refractivity contribution is 0.103. The van der Waals surface area contributed by atoms with Gasteiger partial charge in [0.25, 0.3) is 0 Å². The van der Waals surface area contributed by atoms with Gasteiger partial charge in [-0.1, -0.05) is 193 Å². The molecule has 0 aliphatic rings. The van der Waals surface area contributed by atoms with Crippen molar-refractivity contribution in [3.8, 4) is 48.6 Å². The minimum absolute atomic E-state index is 0.0737. The Morgan fingerprint density at radius 2 is 0.620 bits per heavy atom. The molecule has 446 valence electrons. The zero-order valence-corrected chi connectivity index (χ0v) is 52.2. The van der Waals surface area contributed by atoms with E-state index >= 15 is 0 Å². The van der Waals surface area contributed by atoms with E-state index in [4.69, 9.17) is 0 Å². The maximum Gasteiger partial charge on any atom is 0.193 e. The number of unbranched alkanes of at least 4 members (excludes halogenated alkanes) is 4. The second-order valence-corrected chi connectivity index (χ2v) is 22.5. The van der Waals surface area contributed by atoms with Crippen LogP contribution >= 0.6 is 0 Å². The first-order chi connectivity index (χ1) is 45.0. The number of ketones is 1. The number of hydrogen-bond donors (Lipinski definition) is 0. The van der Waals surface area contributed by atoms with Gasteiger partial charge in [0.1, 0.15) is 70.8 Å². The fourth-order valence-corrected chi connectivity index (χ4v) is 12.0. The molecule has 9 aromatic carbocycles. The minimum atomic E-state index is -0.175. The van der Waals surface area contributed by atoms with Crippen molar-refractivity contribution in [2.24, 2.45) is 0 Å². The molecule has 0 fully saturated rings. The number of hydrogen-bond acceptors (Lipinski definition) is 11. The topological polar surface area (TPSA) is 214 Å². The molecular formula is C81H66N10O.